The molecule has 1 aromatic rings. The molecule has 0 heterocycles. The number of carbonyl (C=O) groups is 2. The standard InChI is InChI=1S/C22H36BN5O6/c1-14(2)12-20(23(31)32)26-21(30)18(6-5-11-25-22(24)27-28(33)34)13-19(29)17-9-7-16(8-10-17)15(3)4/h7-10,14-15,18,20,31-32H,5-6,11-13H2,1-4H3,(H,26,30)(H3,24,25,27)/t18-,20+/m1/s1. The lowest BCUT2D eigenvalue weighted by atomic mass is 9.74. The predicted molar refractivity (Wildman–Crippen MR) is 130 cm³/mol. The van der Waals surface area contributed by atoms with Crippen molar-refractivity contribution in [3.63, 3.8) is 0 Å². The number of nitrogens with one attached hydrogen (secondary N) is 2. The first-order valence-electron chi connectivity index (χ1n) is 11.4. The Morgan fingerprint density at radius 1 is 1.18 bits per heavy atom. The van der Waals surface area contributed by atoms with Gasteiger partial charge in [-0.3, -0.25) is 9.59 Å². The van der Waals surface area contributed by atoms with E-state index in [-0.39, 0.29) is 37.0 Å². The summed E-state index contributed by atoms with van der Waals surface area (Å²) in [4.78, 5) is 40.1. The van der Waals surface area contributed by atoms with Crippen molar-refractivity contribution in [3.05, 3.63) is 45.5 Å². The molecule has 34 heavy (non-hydrogen) atoms. The number of hydrazine groups is 1. The highest BCUT2D eigenvalue weighted by molar-refractivity contribution is 6.43. The minimum absolute atomic E-state index is 0.0743. The van der Waals surface area contributed by atoms with Gasteiger partial charge in [0.15, 0.2) is 10.8 Å². The van der Waals surface area contributed by atoms with Crippen molar-refractivity contribution < 1.29 is 24.7 Å². The number of carbonyl (C=O) groups excluding carboxylic acids is 2. The molecule has 2 atom stereocenters. The maximum absolute atomic E-state index is 13.0. The third-order valence-electron chi connectivity index (χ3n) is 5.31. The van der Waals surface area contributed by atoms with Crippen LogP contribution in [0.4, 0.5) is 0 Å². The normalized spacial score (nSPS) is 13.5. The lowest BCUT2D eigenvalue weighted by Crippen LogP contribution is -2.49. The van der Waals surface area contributed by atoms with Crippen LogP contribution in [0, 0.1) is 22.0 Å². The smallest absolute Gasteiger partial charge is 0.426 e. The topological polar surface area (TPSA) is 180 Å². The molecule has 6 N–H and O–H groups in total. The predicted octanol–water partition coefficient (Wildman–Crippen LogP) is 1.42. The number of nitrogens with zero attached hydrogens (tertiary/aromatic N) is 2. The van der Waals surface area contributed by atoms with E-state index in [4.69, 9.17) is 5.73 Å². The molecule has 0 aliphatic heterocycles. The number of Topliss-reactive ketones (excluding diaryl/α,β-unsaturated/α-hetero) is 1. The number of amides is 1. The van der Waals surface area contributed by atoms with Crippen LogP contribution in [0.15, 0.2) is 29.3 Å². The van der Waals surface area contributed by atoms with E-state index in [9.17, 15) is 29.8 Å². The summed E-state index contributed by atoms with van der Waals surface area (Å²) in [5.74, 6) is -2.21. The summed E-state index contributed by atoms with van der Waals surface area (Å²) in [7, 11) is -1.73. The van der Waals surface area contributed by atoms with Gasteiger partial charge in [0.1, 0.15) is 0 Å². The number of hydrogen-bond donors (Lipinski definition) is 5. The van der Waals surface area contributed by atoms with Gasteiger partial charge in [-0.1, -0.05) is 57.4 Å². The Morgan fingerprint density at radius 2 is 1.79 bits per heavy atom. The SMILES string of the molecule is CC(C)C[C@H](NC(=O)[C@H](CCCN=C(N)N[N+](=O)[O-])CC(=O)c1ccc(C(C)C)cc1)B(O)O. The van der Waals surface area contributed by atoms with Crippen LogP contribution in [0.3, 0.4) is 0 Å². The average molecular weight is 477 g/mol. The van der Waals surface area contributed by atoms with Crippen LogP contribution >= 0.6 is 0 Å². The number of aliphatic imine (C=N–C) groups is 1. The van der Waals surface area contributed by atoms with E-state index in [0.29, 0.717) is 24.3 Å². The minimum atomic E-state index is -1.73. The molecule has 0 saturated heterocycles. The van der Waals surface area contributed by atoms with Gasteiger partial charge in [0.2, 0.25) is 5.91 Å². The van der Waals surface area contributed by atoms with Crippen LogP contribution in [0.25, 0.3) is 0 Å². The molecule has 0 fully saturated rings. The summed E-state index contributed by atoms with van der Waals surface area (Å²) in [6, 6.07) is 7.24. The quantitative estimate of drug-likeness (QED) is 0.0507. The number of ketones is 1. The molecule has 1 aromatic carbocycles. The van der Waals surface area contributed by atoms with Crippen molar-refractivity contribution in [2.24, 2.45) is 22.6 Å². The highest BCUT2D eigenvalue weighted by Gasteiger charge is 2.30. The summed E-state index contributed by atoms with van der Waals surface area (Å²) >= 11 is 0. The van der Waals surface area contributed by atoms with Crippen LogP contribution in [0.2, 0.25) is 0 Å². The molecule has 0 unspecified atom stereocenters. The number of rotatable bonds is 14. The Kier molecular flexibility index (Phi) is 12.2. The zero-order valence-electron chi connectivity index (χ0n) is 20.2. The number of hydrogen-bond acceptors (Lipinski definition) is 7. The number of nitro groups is 1. The Morgan fingerprint density at radius 3 is 2.29 bits per heavy atom. The van der Waals surface area contributed by atoms with E-state index in [0.717, 1.165) is 5.56 Å². The van der Waals surface area contributed by atoms with Gasteiger partial charge in [-0.25, -0.2) is 15.1 Å². The zero-order valence-corrected chi connectivity index (χ0v) is 20.2. The van der Waals surface area contributed by atoms with Gasteiger partial charge in [-0.15, -0.1) is 0 Å². The summed E-state index contributed by atoms with van der Waals surface area (Å²) in [5, 5.41) is 31.5. The maximum Gasteiger partial charge on any atom is 0.475 e. The lowest BCUT2D eigenvalue weighted by Gasteiger charge is -2.23. The van der Waals surface area contributed by atoms with E-state index in [1.165, 1.54) is 0 Å². The second-order valence-electron chi connectivity index (χ2n) is 9.04. The summed E-state index contributed by atoms with van der Waals surface area (Å²) in [5.41, 5.74) is 8.71. The van der Waals surface area contributed by atoms with E-state index in [1.54, 1.807) is 17.6 Å². The average Bonchev–Trinajstić information content (AvgIpc) is 2.74. The Labute approximate surface area is 200 Å². The molecule has 1 rings (SSSR count). The second kappa shape index (κ2) is 14.3. The number of nitrogens with two attached hydrogens (primary N) is 1. The summed E-state index contributed by atoms with van der Waals surface area (Å²) in [6.07, 6.45) is 0.879. The molecule has 188 valence electrons. The third kappa shape index (κ3) is 10.8. The maximum atomic E-state index is 13.0. The fraction of sp³-hybridized carbons (Fsp3) is 0.591. The minimum Gasteiger partial charge on any atom is -0.426 e. The van der Waals surface area contributed by atoms with Gasteiger partial charge < -0.3 is 21.1 Å². The Balaban J connectivity index is 2.93. The van der Waals surface area contributed by atoms with E-state index in [1.807, 2.05) is 26.0 Å². The highest BCUT2D eigenvalue weighted by Crippen LogP contribution is 2.20. The molecule has 0 aliphatic rings. The van der Waals surface area contributed by atoms with Gasteiger partial charge in [-0.05, 0) is 36.7 Å². The first-order chi connectivity index (χ1) is 15.9. The van der Waals surface area contributed by atoms with Crippen molar-refractivity contribution >= 4 is 24.8 Å². The van der Waals surface area contributed by atoms with Crippen molar-refractivity contribution in [2.75, 3.05) is 6.54 Å². The largest absolute Gasteiger partial charge is 0.475 e. The fourth-order valence-corrected chi connectivity index (χ4v) is 3.45. The molecule has 0 spiro atoms. The van der Waals surface area contributed by atoms with Crippen LogP contribution < -0.4 is 16.5 Å². The van der Waals surface area contributed by atoms with E-state index < -0.39 is 29.9 Å². The Bertz CT molecular complexity index is 845. The molecular formula is C22H36BN5O6. The van der Waals surface area contributed by atoms with E-state index in [2.05, 4.69) is 24.2 Å². The number of guanidine groups is 1. The van der Waals surface area contributed by atoms with Crippen molar-refractivity contribution in [2.45, 2.75) is 65.2 Å². The molecule has 0 saturated carbocycles. The lowest BCUT2D eigenvalue weighted by molar-refractivity contribution is -0.525. The molecule has 0 aromatic heterocycles. The van der Waals surface area contributed by atoms with Crippen LogP contribution in [0.1, 0.15) is 75.2 Å². The zero-order chi connectivity index (χ0) is 25.8. The molecule has 1 amide bonds. The monoisotopic (exact) mass is 477 g/mol. The second-order valence-corrected chi connectivity index (χ2v) is 9.04. The first-order valence-corrected chi connectivity index (χ1v) is 11.4. The number of benzene rings is 1. The summed E-state index contributed by atoms with van der Waals surface area (Å²) in [6.45, 7) is 8.01. The van der Waals surface area contributed by atoms with Gasteiger partial charge in [0, 0.05) is 24.4 Å². The molecular weight excluding hydrogens is 441 g/mol. The molecule has 0 radical (unpaired) electrons. The fourth-order valence-electron chi connectivity index (χ4n) is 3.45. The summed E-state index contributed by atoms with van der Waals surface area (Å²) < 4.78 is 0. The molecule has 11 nitrogen and oxygen atoms in total. The molecule has 0 aliphatic carbocycles. The van der Waals surface area contributed by atoms with Gasteiger partial charge in [0.25, 0.3) is 5.96 Å². The third-order valence-corrected chi connectivity index (χ3v) is 5.31. The molecule has 0 bridgehead atoms. The van der Waals surface area contributed by atoms with Crippen molar-refractivity contribution in [1.82, 2.24) is 10.7 Å². The van der Waals surface area contributed by atoms with Gasteiger partial charge in [0.05, 0.1) is 5.94 Å². The van der Waals surface area contributed by atoms with Crippen molar-refractivity contribution in [3.8, 4) is 0 Å². The van der Waals surface area contributed by atoms with Crippen LogP contribution in [0.5, 0.6) is 0 Å². The Hall–Kier alpha value is -2.99. The first kappa shape index (κ1) is 29.0. The van der Waals surface area contributed by atoms with Gasteiger partial charge >= 0.3 is 7.12 Å². The van der Waals surface area contributed by atoms with Gasteiger partial charge in [-0.2, -0.15) is 0 Å². The van der Waals surface area contributed by atoms with E-state index >= 15 is 0 Å². The van der Waals surface area contributed by atoms with Crippen LogP contribution in [-0.4, -0.2) is 52.3 Å². The molecule has 12 heteroatoms. The van der Waals surface area contributed by atoms with Crippen molar-refractivity contribution in [1.29, 1.82) is 0 Å². The highest BCUT2D eigenvalue weighted by atomic mass is 16.7. The van der Waals surface area contributed by atoms with Crippen LogP contribution in [-0.2, 0) is 4.79 Å².